The zero-order valence-electron chi connectivity index (χ0n) is 12.9. The first-order chi connectivity index (χ1) is 11.5. The van der Waals surface area contributed by atoms with Crippen molar-refractivity contribution in [2.24, 2.45) is 0 Å². The van der Waals surface area contributed by atoms with Crippen molar-refractivity contribution in [1.82, 2.24) is 9.29 Å². The van der Waals surface area contributed by atoms with Gasteiger partial charge in [-0.3, -0.25) is 4.79 Å². The van der Waals surface area contributed by atoms with Gasteiger partial charge in [0, 0.05) is 24.7 Å². The SMILES string of the molecule is O=c1ccc2cc(S(=O)(=O)N3CCc4ccccc4C3)ccc2[nH]1. The predicted molar refractivity (Wildman–Crippen MR) is 92.3 cm³/mol. The van der Waals surface area contributed by atoms with Gasteiger partial charge in [-0.15, -0.1) is 0 Å². The van der Waals surface area contributed by atoms with E-state index in [-0.39, 0.29) is 10.5 Å². The molecule has 0 saturated heterocycles. The minimum Gasteiger partial charge on any atom is -0.322 e. The van der Waals surface area contributed by atoms with Crippen molar-refractivity contribution in [3.05, 3.63) is 76.1 Å². The molecular weight excluding hydrogens is 324 g/mol. The highest BCUT2D eigenvalue weighted by atomic mass is 32.2. The standard InChI is InChI=1S/C18H16N2O3S/c21-18-8-5-14-11-16(6-7-17(14)19-18)24(22,23)20-10-9-13-3-1-2-4-15(13)12-20/h1-8,11H,9-10,12H2,(H,19,21). The Morgan fingerprint density at radius 1 is 0.958 bits per heavy atom. The van der Waals surface area contributed by atoms with Crippen LogP contribution < -0.4 is 5.56 Å². The molecule has 1 aliphatic rings. The summed E-state index contributed by atoms with van der Waals surface area (Å²) in [6, 6.07) is 15.8. The lowest BCUT2D eigenvalue weighted by Gasteiger charge is -2.28. The van der Waals surface area contributed by atoms with E-state index in [0.717, 1.165) is 12.0 Å². The van der Waals surface area contributed by atoms with Gasteiger partial charge >= 0.3 is 0 Å². The fourth-order valence-electron chi connectivity index (χ4n) is 3.12. The quantitative estimate of drug-likeness (QED) is 0.778. The first-order valence-electron chi connectivity index (χ1n) is 7.74. The van der Waals surface area contributed by atoms with Crippen molar-refractivity contribution in [1.29, 1.82) is 0 Å². The summed E-state index contributed by atoms with van der Waals surface area (Å²) in [5, 5.41) is 0.702. The predicted octanol–water partition coefficient (Wildman–Crippen LogP) is 2.28. The highest BCUT2D eigenvalue weighted by Gasteiger charge is 2.28. The van der Waals surface area contributed by atoms with E-state index in [0.29, 0.717) is 24.0 Å². The Morgan fingerprint density at radius 3 is 2.58 bits per heavy atom. The monoisotopic (exact) mass is 340 g/mol. The van der Waals surface area contributed by atoms with E-state index >= 15 is 0 Å². The second kappa shape index (κ2) is 5.58. The van der Waals surface area contributed by atoms with Crippen LogP contribution in [-0.2, 0) is 23.0 Å². The van der Waals surface area contributed by atoms with Crippen LogP contribution in [0.4, 0.5) is 0 Å². The Bertz CT molecular complexity index is 1090. The first kappa shape index (κ1) is 15.1. The van der Waals surface area contributed by atoms with Gasteiger partial charge in [-0.2, -0.15) is 4.31 Å². The molecule has 0 unspecified atom stereocenters. The third kappa shape index (κ3) is 2.53. The number of fused-ring (bicyclic) bond motifs is 2. The topological polar surface area (TPSA) is 70.2 Å². The van der Waals surface area contributed by atoms with Gasteiger partial charge in [-0.1, -0.05) is 24.3 Å². The summed E-state index contributed by atoms with van der Waals surface area (Å²) in [7, 11) is -3.57. The third-order valence-corrected chi connectivity index (χ3v) is 6.27. The average Bonchev–Trinajstić information content (AvgIpc) is 2.60. The summed E-state index contributed by atoms with van der Waals surface area (Å²) in [5.74, 6) is 0. The molecule has 1 aromatic heterocycles. The van der Waals surface area contributed by atoms with Crippen molar-refractivity contribution < 1.29 is 8.42 Å². The summed E-state index contributed by atoms with van der Waals surface area (Å²) in [4.78, 5) is 14.3. The highest BCUT2D eigenvalue weighted by molar-refractivity contribution is 7.89. The van der Waals surface area contributed by atoms with E-state index in [9.17, 15) is 13.2 Å². The molecule has 6 heteroatoms. The number of rotatable bonds is 2. The van der Waals surface area contributed by atoms with Crippen molar-refractivity contribution in [3.63, 3.8) is 0 Å². The van der Waals surface area contributed by atoms with Crippen LogP contribution in [0.25, 0.3) is 10.9 Å². The van der Waals surface area contributed by atoms with E-state index in [1.165, 1.54) is 15.9 Å². The molecule has 5 nitrogen and oxygen atoms in total. The molecule has 1 aliphatic heterocycles. The Morgan fingerprint density at radius 2 is 1.75 bits per heavy atom. The van der Waals surface area contributed by atoms with Crippen molar-refractivity contribution in [2.45, 2.75) is 17.9 Å². The number of hydrogen-bond acceptors (Lipinski definition) is 3. The molecule has 122 valence electrons. The maximum atomic E-state index is 13.0. The zero-order chi connectivity index (χ0) is 16.7. The molecule has 3 aromatic rings. The van der Waals surface area contributed by atoms with Crippen LogP contribution in [0.2, 0.25) is 0 Å². The van der Waals surface area contributed by atoms with E-state index in [2.05, 4.69) is 4.98 Å². The van der Waals surface area contributed by atoms with Gasteiger partial charge < -0.3 is 4.98 Å². The Balaban J connectivity index is 1.73. The van der Waals surface area contributed by atoms with Crippen LogP contribution in [0, 0.1) is 0 Å². The lowest BCUT2D eigenvalue weighted by atomic mass is 10.0. The fourth-order valence-corrected chi connectivity index (χ4v) is 4.57. The molecule has 0 radical (unpaired) electrons. The van der Waals surface area contributed by atoms with Crippen LogP contribution in [-0.4, -0.2) is 24.3 Å². The Hall–Kier alpha value is -2.44. The maximum absolute atomic E-state index is 13.0. The van der Waals surface area contributed by atoms with Gasteiger partial charge in [0.1, 0.15) is 0 Å². The molecule has 24 heavy (non-hydrogen) atoms. The van der Waals surface area contributed by atoms with Gasteiger partial charge in [-0.05, 0) is 47.2 Å². The number of H-pyrrole nitrogens is 1. The van der Waals surface area contributed by atoms with E-state index in [4.69, 9.17) is 0 Å². The molecule has 0 aliphatic carbocycles. The second-order valence-corrected chi connectivity index (χ2v) is 7.87. The smallest absolute Gasteiger partial charge is 0.248 e. The van der Waals surface area contributed by atoms with Gasteiger partial charge in [0.15, 0.2) is 0 Å². The van der Waals surface area contributed by atoms with E-state index in [1.54, 1.807) is 24.3 Å². The highest BCUT2D eigenvalue weighted by Crippen LogP contribution is 2.26. The summed E-state index contributed by atoms with van der Waals surface area (Å²) < 4.78 is 27.4. The van der Waals surface area contributed by atoms with Crippen LogP contribution in [0.15, 0.2) is 64.3 Å². The molecule has 0 amide bonds. The van der Waals surface area contributed by atoms with Crippen LogP contribution in [0.3, 0.4) is 0 Å². The fraction of sp³-hybridized carbons (Fsp3) is 0.167. The molecule has 4 rings (SSSR count). The van der Waals surface area contributed by atoms with Crippen LogP contribution in [0.1, 0.15) is 11.1 Å². The number of hydrogen-bond donors (Lipinski definition) is 1. The Kier molecular flexibility index (Phi) is 3.51. The molecule has 0 bridgehead atoms. The van der Waals surface area contributed by atoms with Gasteiger partial charge in [-0.25, -0.2) is 8.42 Å². The largest absolute Gasteiger partial charge is 0.322 e. The molecule has 0 saturated carbocycles. The molecule has 2 heterocycles. The zero-order valence-corrected chi connectivity index (χ0v) is 13.7. The average molecular weight is 340 g/mol. The van der Waals surface area contributed by atoms with Crippen LogP contribution >= 0.6 is 0 Å². The lowest BCUT2D eigenvalue weighted by molar-refractivity contribution is 0.391. The number of pyridine rings is 1. The van der Waals surface area contributed by atoms with E-state index in [1.807, 2.05) is 24.3 Å². The number of nitrogens with one attached hydrogen (secondary N) is 1. The normalized spacial score (nSPS) is 15.3. The van der Waals surface area contributed by atoms with Crippen molar-refractivity contribution in [3.8, 4) is 0 Å². The molecule has 0 spiro atoms. The summed E-state index contributed by atoms with van der Waals surface area (Å²) in [6.45, 7) is 0.866. The lowest BCUT2D eigenvalue weighted by Crippen LogP contribution is -2.35. The molecule has 2 aromatic carbocycles. The number of nitrogens with zero attached hydrogens (tertiary/aromatic N) is 1. The molecular formula is C18H16N2O3S. The number of aromatic nitrogens is 1. The number of sulfonamides is 1. The second-order valence-electron chi connectivity index (χ2n) is 5.93. The van der Waals surface area contributed by atoms with Gasteiger partial charge in [0.05, 0.1) is 4.90 Å². The summed E-state index contributed by atoms with van der Waals surface area (Å²) in [5.41, 5.74) is 2.69. The number of aromatic amines is 1. The third-order valence-electron chi connectivity index (χ3n) is 4.43. The summed E-state index contributed by atoms with van der Waals surface area (Å²) >= 11 is 0. The van der Waals surface area contributed by atoms with Crippen LogP contribution in [0.5, 0.6) is 0 Å². The first-order valence-corrected chi connectivity index (χ1v) is 9.18. The number of benzene rings is 2. The minimum absolute atomic E-state index is 0.203. The molecule has 0 fully saturated rings. The maximum Gasteiger partial charge on any atom is 0.248 e. The molecule has 0 atom stereocenters. The molecule has 1 N–H and O–H groups in total. The van der Waals surface area contributed by atoms with E-state index < -0.39 is 10.0 Å². The summed E-state index contributed by atoms with van der Waals surface area (Å²) in [6.07, 6.45) is 0.719. The van der Waals surface area contributed by atoms with Gasteiger partial charge in [0.25, 0.3) is 0 Å². The van der Waals surface area contributed by atoms with Crippen molar-refractivity contribution in [2.75, 3.05) is 6.54 Å². The minimum atomic E-state index is -3.57. The van der Waals surface area contributed by atoms with Gasteiger partial charge in [0.2, 0.25) is 15.6 Å². The Labute approximate surface area is 139 Å². The van der Waals surface area contributed by atoms with Crippen molar-refractivity contribution >= 4 is 20.9 Å².